The summed E-state index contributed by atoms with van der Waals surface area (Å²) in [6.07, 6.45) is 6.74. The van der Waals surface area contributed by atoms with Crippen molar-refractivity contribution >= 4 is 11.0 Å². The molecule has 1 aromatic carbocycles. The number of hydrogen-bond donors (Lipinski definition) is 0. The normalized spacial score (nSPS) is 10.5. The predicted octanol–water partition coefficient (Wildman–Crippen LogP) is 3.86. The van der Waals surface area contributed by atoms with E-state index in [9.17, 15) is 0 Å². The summed E-state index contributed by atoms with van der Waals surface area (Å²) < 4.78 is 4.61. The van der Waals surface area contributed by atoms with Crippen molar-refractivity contribution in [3.8, 4) is 0 Å². The molecule has 100 valence electrons. The van der Waals surface area contributed by atoms with Crippen LogP contribution in [0.4, 0.5) is 0 Å². The smallest absolute Gasteiger partial charge is 0.226 e. The van der Waals surface area contributed by atoms with Gasteiger partial charge >= 0.3 is 0 Å². The predicted molar refractivity (Wildman–Crippen MR) is 81.0 cm³/mol. The van der Waals surface area contributed by atoms with Crippen molar-refractivity contribution in [3.05, 3.63) is 53.9 Å². The van der Waals surface area contributed by atoms with E-state index in [0.29, 0.717) is 0 Å². The molecule has 0 spiro atoms. The molecule has 2 heteroatoms. The highest BCUT2D eigenvalue weighted by Crippen LogP contribution is 2.11. The van der Waals surface area contributed by atoms with Crippen LogP contribution in [0.5, 0.6) is 0 Å². The monoisotopic (exact) mass is 255 g/mol. The van der Waals surface area contributed by atoms with E-state index in [-0.39, 0.29) is 0 Å². The first kappa shape index (κ1) is 13.6. The average molecular weight is 255 g/mol. The standard InChI is InChI=1S/C17H23N2/c1-14(2)9-11-18-13-19(12-10-15(3)4)17-8-6-5-7-16(17)18/h5-10,13H,11-12H2,1-4H3/q+1. The Hall–Kier alpha value is -1.83. The number of aromatic nitrogens is 2. The van der Waals surface area contributed by atoms with E-state index < -0.39 is 0 Å². The summed E-state index contributed by atoms with van der Waals surface area (Å²) >= 11 is 0. The molecule has 1 heterocycles. The molecule has 0 aliphatic heterocycles. The second kappa shape index (κ2) is 5.87. The Bertz CT molecular complexity index is 568. The number of fused-ring (bicyclic) bond motifs is 1. The van der Waals surface area contributed by atoms with Crippen molar-refractivity contribution in [1.82, 2.24) is 4.57 Å². The van der Waals surface area contributed by atoms with Crippen LogP contribution in [-0.2, 0) is 13.1 Å². The van der Waals surface area contributed by atoms with Crippen LogP contribution in [0.25, 0.3) is 11.0 Å². The van der Waals surface area contributed by atoms with Crippen molar-refractivity contribution in [1.29, 1.82) is 0 Å². The molecule has 2 aromatic rings. The van der Waals surface area contributed by atoms with Gasteiger partial charge in [0, 0.05) is 0 Å². The zero-order valence-corrected chi connectivity index (χ0v) is 12.4. The highest BCUT2D eigenvalue weighted by molar-refractivity contribution is 5.71. The third kappa shape index (κ3) is 3.34. The Balaban J connectivity index is 2.42. The van der Waals surface area contributed by atoms with Crippen LogP contribution in [0.2, 0.25) is 0 Å². The number of rotatable bonds is 4. The Morgan fingerprint density at radius 1 is 1.05 bits per heavy atom. The van der Waals surface area contributed by atoms with E-state index >= 15 is 0 Å². The lowest BCUT2D eigenvalue weighted by Gasteiger charge is -1.92. The Labute approximate surface area is 115 Å². The lowest BCUT2D eigenvalue weighted by atomic mass is 10.3. The van der Waals surface area contributed by atoms with Gasteiger partial charge in [0.05, 0.1) is 0 Å². The van der Waals surface area contributed by atoms with E-state index in [1.807, 2.05) is 0 Å². The second-order valence-electron chi connectivity index (χ2n) is 5.47. The van der Waals surface area contributed by atoms with Gasteiger partial charge in [-0.15, -0.1) is 0 Å². The van der Waals surface area contributed by atoms with Crippen molar-refractivity contribution in [2.75, 3.05) is 0 Å². The van der Waals surface area contributed by atoms with E-state index in [4.69, 9.17) is 0 Å². The zero-order chi connectivity index (χ0) is 13.8. The summed E-state index contributed by atoms with van der Waals surface area (Å²) in [6.45, 7) is 10.4. The summed E-state index contributed by atoms with van der Waals surface area (Å²) in [5.41, 5.74) is 5.30. The van der Waals surface area contributed by atoms with Crippen LogP contribution >= 0.6 is 0 Å². The van der Waals surface area contributed by atoms with Gasteiger partial charge in [0.1, 0.15) is 13.1 Å². The van der Waals surface area contributed by atoms with E-state index in [1.165, 1.54) is 22.2 Å². The maximum absolute atomic E-state index is 2.31. The molecular formula is C17H23N2+. The molecule has 0 atom stereocenters. The van der Waals surface area contributed by atoms with Crippen LogP contribution in [0.3, 0.4) is 0 Å². The molecule has 0 amide bonds. The van der Waals surface area contributed by atoms with Gasteiger partial charge in [-0.05, 0) is 52.0 Å². The number of benzene rings is 1. The topological polar surface area (TPSA) is 8.81 Å². The fourth-order valence-electron chi connectivity index (χ4n) is 2.10. The minimum Gasteiger partial charge on any atom is -0.226 e. The number of hydrogen-bond acceptors (Lipinski definition) is 0. The zero-order valence-electron chi connectivity index (χ0n) is 12.4. The summed E-state index contributed by atoms with van der Waals surface area (Å²) in [5.74, 6) is 0. The molecule has 0 fully saturated rings. The third-order valence-electron chi connectivity index (χ3n) is 3.17. The summed E-state index contributed by atoms with van der Waals surface area (Å²) in [4.78, 5) is 0. The van der Waals surface area contributed by atoms with E-state index in [1.54, 1.807) is 0 Å². The van der Waals surface area contributed by atoms with E-state index in [2.05, 4.69) is 79.6 Å². The molecule has 2 rings (SSSR count). The highest BCUT2D eigenvalue weighted by atomic mass is 15.1. The van der Waals surface area contributed by atoms with Gasteiger partial charge < -0.3 is 0 Å². The first-order valence-electron chi connectivity index (χ1n) is 6.82. The van der Waals surface area contributed by atoms with Crippen LogP contribution < -0.4 is 4.57 Å². The van der Waals surface area contributed by atoms with Gasteiger partial charge in [-0.2, -0.15) is 0 Å². The minimum atomic E-state index is 0.935. The molecule has 0 radical (unpaired) electrons. The minimum absolute atomic E-state index is 0.935. The summed E-state index contributed by atoms with van der Waals surface area (Å²) in [5, 5.41) is 0. The number of imidazole rings is 1. The molecule has 0 N–H and O–H groups in total. The molecule has 0 bridgehead atoms. The Morgan fingerprint density at radius 2 is 1.74 bits per heavy atom. The van der Waals surface area contributed by atoms with Crippen molar-refractivity contribution < 1.29 is 4.57 Å². The van der Waals surface area contributed by atoms with Gasteiger partial charge in [-0.25, -0.2) is 9.13 Å². The van der Waals surface area contributed by atoms with Crippen LogP contribution in [0.1, 0.15) is 27.7 Å². The van der Waals surface area contributed by atoms with Crippen molar-refractivity contribution in [3.63, 3.8) is 0 Å². The number of allylic oxidation sites excluding steroid dienone is 4. The van der Waals surface area contributed by atoms with Gasteiger partial charge in [0.15, 0.2) is 11.0 Å². The van der Waals surface area contributed by atoms with Gasteiger partial charge in [0.25, 0.3) is 0 Å². The summed E-state index contributed by atoms with van der Waals surface area (Å²) in [7, 11) is 0. The van der Waals surface area contributed by atoms with Crippen molar-refractivity contribution in [2.45, 2.75) is 40.8 Å². The molecule has 0 saturated carbocycles. The average Bonchev–Trinajstić information content (AvgIpc) is 2.72. The largest absolute Gasteiger partial charge is 0.245 e. The molecule has 1 aromatic heterocycles. The van der Waals surface area contributed by atoms with Gasteiger partial charge in [-0.1, -0.05) is 23.3 Å². The van der Waals surface area contributed by atoms with Gasteiger partial charge in [-0.3, -0.25) is 0 Å². The van der Waals surface area contributed by atoms with Crippen LogP contribution in [0.15, 0.2) is 53.9 Å². The maximum atomic E-state index is 2.31. The molecule has 0 saturated heterocycles. The first-order valence-corrected chi connectivity index (χ1v) is 6.82. The summed E-state index contributed by atoms with van der Waals surface area (Å²) in [6, 6.07) is 8.58. The quantitative estimate of drug-likeness (QED) is 0.579. The van der Waals surface area contributed by atoms with Crippen LogP contribution in [0, 0.1) is 0 Å². The fourth-order valence-corrected chi connectivity index (χ4v) is 2.10. The van der Waals surface area contributed by atoms with E-state index in [0.717, 1.165) is 13.1 Å². The lowest BCUT2D eigenvalue weighted by molar-refractivity contribution is -0.661. The highest BCUT2D eigenvalue weighted by Gasteiger charge is 2.12. The second-order valence-corrected chi connectivity index (χ2v) is 5.47. The first-order chi connectivity index (χ1) is 9.08. The van der Waals surface area contributed by atoms with Crippen LogP contribution in [-0.4, -0.2) is 4.57 Å². The maximum Gasteiger partial charge on any atom is 0.245 e. The molecule has 0 aliphatic carbocycles. The molecule has 19 heavy (non-hydrogen) atoms. The molecule has 2 nitrogen and oxygen atoms in total. The fraction of sp³-hybridized carbons (Fsp3) is 0.353. The molecule has 0 aliphatic rings. The molecular weight excluding hydrogens is 232 g/mol. The number of nitrogens with zero attached hydrogens (tertiary/aromatic N) is 2. The number of para-hydroxylation sites is 2. The molecule has 0 unspecified atom stereocenters. The Morgan fingerprint density at radius 3 is 2.42 bits per heavy atom. The lowest BCUT2D eigenvalue weighted by Crippen LogP contribution is -2.31. The van der Waals surface area contributed by atoms with Crippen molar-refractivity contribution in [2.24, 2.45) is 0 Å². The SMILES string of the molecule is CC(C)=CCn1c[n+](CC=C(C)C)c2ccccc21. The third-order valence-corrected chi connectivity index (χ3v) is 3.17. The Kier molecular flexibility index (Phi) is 4.20. The van der Waals surface area contributed by atoms with Gasteiger partial charge in [0.2, 0.25) is 6.33 Å².